The van der Waals surface area contributed by atoms with E-state index in [4.69, 9.17) is 11.5 Å². The van der Waals surface area contributed by atoms with Gasteiger partial charge in [-0.15, -0.1) is 6.42 Å². The van der Waals surface area contributed by atoms with E-state index in [2.05, 4.69) is 5.92 Å². The lowest BCUT2D eigenvalue weighted by Gasteiger charge is -2.27. The summed E-state index contributed by atoms with van der Waals surface area (Å²) in [6.45, 7) is 0.442. The molecule has 0 unspecified atom stereocenters. The van der Waals surface area contributed by atoms with Gasteiger partial charge in [0.25, 0.3) is 0 Å². The average molecular weight is 195 g/mol. The highest BCUT2D eigenvalue weighted by Gasteiger charge is 2.25. The predicted molar refractivity (Wildman–Crippen MR) is 54.5 cm³/mol. The van der Waals surface area contributed by atoms with Crippen LogP contribution in [0, 0.1) is 12.3 Å². The van der Waals surface area contributed by atoms with Gasteiger partial charge in [0.05, 0.1) is 13.0 Å². The fraction of sp³-hybridized carbons (Fsp3) is 0.727. The summed E-state index contributed by atoms with van der Waals surface area (Å²) in [6, 6.07) is 0.308. The number of hydrogen-bond acceptors (Lipinski definition) is 2. The molecule has 0 saturated heterocycles. The molecule has 0 radical (unpaired) electrons. The van der Waals surface area contributed by atoms with Gasteiger partial charge < -0.3 is 10.0 Å². The lowest BCUT2D eigenvalue weighted by molar-refractivity contribution is -0.132. The highest BCUT2D eigenvalue weighted by Crippen LogP contribution is 2.23. The van der Waals surface area contributed by atoms with Crippen LogP contribution in [0.4, 0.5) is 0 Å². The summed E-state index contributed by atoms with van der Waals surface area (Å²) in [6.07, 6.45) is 9.71. The van der Waals surface area contributed by atoms with Crippen molar-refractivity contribution in [2.24, 2.45) is 0 Å². The fourth-order valence-electron chi connectivity index (χ4n) is 2.02. The molecule has 1 aliphatic rings. The predicted octanol–water partition coefficient (Wildman–Crippen LogP) is 0.773. The number of carbonyl (C=O) groups is 1. The maximum atomic E-state index is 11.6. The van der Waals surface area contributed by atoms with Crippen LogP contribution in [0.5, 0.6) is 0 Å². The van der Waals surface area contributed by atoms with E-state index in [9.17, 15) is 4.79 Å². The Hall–Kier alpha value is -1.01. The van der Waals surface area contributed by atoms with Crippen LogP contribution < -0.4 is 0 Å². The Bertz CT molecular complexity index is 226. The molecule has 0 aromatic rings. The molecular weight excluding hydrogens is 178 g/mol. The molecule has 0 aromatic carbocycles. The minimum atomic E-state index is -0.0200. The molecule has 1 amide bonds. The summed E-state index contributed by atoms with van der Waals surface area (Å²) in [7, 11) is 0. The maximum absolute atomic E-state index is 11.6. The first kappa shape index (κ1) is 11.1. The van der Waals surface area contributed by atoms with Gasteiger partial charge in [-0.1, -0.05) is 18.8 Å². The number of terminal acetylenes is 1. The number of aliphatic hydroxyl groups is 1. The third-order valence-electron chi connectivity index (χ3n) is 2.68. The van der Waals surface area contributed by atoms with Crippen LogP contribution in [-0.2, 0) is 4.79 Å². The zero-order chi connectivity index (χ0) is 10.4. The van der Waals surface area contributed by atoms with Crippen LogP contribution in [0.1, 0.15) is 32.1 Å². The van der Waals surface area contributed by atoms with Crippen molar-refractivity contribution in [2.45, 2.75) is 38.1 Å². The molecule has 0 atom stereocenters. The first-order chi connectivity index (χ1) is 6.79. The summed E-state index contributed by atoms with van der Waals surface area (Å²) in [5, 5.41) is 8.87. The first-order valence-electron chi connectivity index (χ1n) is 5.13. The molecule has 0 heterocycles. The molecule has 3 heteroatoms. The molecule has 78 valence electrons. The van der Waals surface area contributed by atoms with Crippen LogP contribution in [0.3, 0.4) is 0 Å². The van der Waals surface area contributed by atoms with E-state index in [1.54, 1.807) is 4.90 Å². The molecule has 1 aliphatic carbocycles. The number of nitrogens with zero attached hydrogens (tertiary/aromatic N) is 1. The molecule has 0 aromatic heterocycles. The van der Waals surface area contributed by atoms with Crippen LogP contribution in [0.25, 0.3) is 0 Å². The smallest absolute Gasteiger partial charge is 0.234 e. The Morgan fingerprint density at radius 1 is 1.50 bits per heavy atom. The molecule has 1 N–H and O–H groups in total. The number of hydrogen-bond donors (Lipinski definition) is 1. The van der Waals surface area contributed by atoms with Gasteiger partial charge in [0.1, 0.15) is 0 Å². The minimum absolute atomic E-state index is 0.0200. The molecular formula is C11H17NO2. The van der Waals surface area contributed by atoms with Crippen molar-refractivity contribution >= 4 is 5.91 Å². The summed E-state index contributed by atoms with van der Waals surface area (Å²) in [4.78, 5) is 13.3. The zero-order valence-corrected chi connectivity index (χ0v) is 8.41. The summed E-state index contributed by atoms with van der Waals surface area (Å²) in [5.74, 6) is 2.34. The normalized spacial score (nSPS) is 16.6. The summed E-state index contributed by atoms with van der Waals surface area (Å²) >= 11 is 0. The molecule has 1 rings (SSSR count). The topological polar surface area (TPSA) is 40.5 Å². The van der Waals surface area contributed by atoms with Crippen LogP contribution in [0.2, 0.25) is 0 Å². The molecule has 0 bridgehead atoms. The molecule has 0 spiro atoms. The van der Waals surface area contributed by atoms with Crippen LogP contribution in [-0.4, -0.2) is 35.1 Å². The molecule has 3 nitrogen and oxygen atoms in total. The maximum Gasteiger partial charge on any atom is 0.234 e. The Kier molecular flexibility index (Phi) is 4.48. The number of rotatable bonds is 4. The van der Waals surface area contributed by atoms with Crippen molar-refractivity contribution in [3.05, 3.63) is 0 Å². The standard InChI is InChI=1S/C11H17NO2/c1-2-5-11(14)12(8-9-13)10-6-3-4-7-10/h1,10,13H,3-9H2. The minimum Gasteiger partial charge on any atom is -0.395 e. The second kappa shape index (κ2) is 5.66. The van der Waals surface area contributed by atoms with Crippen LogP contribution in [0.15, 0.2) is 0 Å². The van der Waals surface area contributed by atoms with Crippen molar-refractivity contribution in [3.63, 3.8) is 0 Å². The van der Waals surface area contributed by atoms with Crippen molar-refractivity contribution < 1.29 is 9.90 Å². The van der Waals surface area contributed by atoms with E-state index in [-0.39, 0.29) is 18.9 Å². The second-order valence-corrected chi connectivity index (χ2v) is 3.63. The van der Waals surface area contributed by atoms with E-state index < -0.39 is 0 Å². The van der Waals surface area contributed by atoms with Gasteiger partial charge in [-0.05, 0) is 12.8 Å². The van der Waals surface area contributed by atoms with Gasteiger partial charge in [-0.2, -0.15) is 0 Å². The lowest BCUT2D eigenvalue weighted by atomic mass is 10.2. The van der Waals surface area contributed by atoms with Gasteiger partial charge >= 0.3 is 0 Å². The van der Waals surface area contributed by atoms with Crippen molar-refractivity contribution in [1.82, 2.24) is 4.90 Å². The van der Waals surface area contributed by atoms with Gasteiger partial charge in [-0.3, -0.25) is 4.79 Å². The summed E-state index contributed by atoms with van der Waals surface area (Å²) in [5.41, 5.74) is 0. The van der Waals surface area contributed by atoms with Crippen molar-refractivity contribution in [1.29, 1.82) is 0 Å². The third kappa shape index (κ3) is 2.74. The summed E-state index contributed by atoms with van der Waals surface area (Å²) < 4.78 is 0. The van der Waals surface area contributed by atoms with Gasteiger partial charge in [0.2, 0.25) is 5.91 Å². The Morgan fingerprint density at radius 2 is 2.14 bits per heavy atom. The van der Waals surface area contributed by atoms with E-state index in [0.717, 1.165) is 12.8 Å². The Morgan fingerprint density at radius 3 is 2.64 bits per heavy atom. The molecule has 14 heavy (non-hydrogen) atoms. The van der Waals surface area contributed by atoms with E-state index >= 15 is 0 Å². The monoisotopic (exact) mass is 195 g/mol. The number of carbonyl (C=O) groups excluding carboxylic acids is 1. The average Bonchev–Trinajstić information content (AvgIpc) is 2.67. The van der Waals surface area contributed by atoms with Crippen molar-refractivity contribution in [2.75, 3.05) is 13.2 Å². The lowest BCUT2D eigenvalue weighted by Crippen LogP contribution is -2.40. The van der Waals surface area contributed by atoms with Crippen molar-refractivity contribution in [3.8, 4) is 12.3 Å². The third-order valence-corrected chi connectivity index (χ3v) is 2.68. The van der Waals surface area contributed by atoms with E-state index in [1.807, 2.05) is 0 Å². The van der Waals surface area contributed by atoms with E-state index in [0.29, 0.717) is 12.6 Å². The van der Waals surface area contributed by atoms with Gasteiger partial charge in [0, 0.05) is 12.6 Å². The molecule has 1 fully saturated rings. The quantitative estimate of drug-likeness (QED) is 0.673. The SMILES string of the molecule is C#CCC(=O)N(CCO)C1CCCC1. The van der Waals surface area contributed by atoms with Gasteiger partial charge in [0.15, 0.2) is 0 Å². The number of aliphatic hydroxyl groups excluding tert-OH is 1. The Labute approximate surface area is 85.1 Å². The van der Waals surface area contributed by atoms with Crippen LogP contribution >= 0.6 is 0 Å². The highest BCUT2D eigenvalue weighted by atomic mass is 16.3. The van der Waals surface area contributed by atoms with E-state index in [1.165, 1.54) is 12.8 Å². The zero-order valence-electron chi connectivity index (χ0n) is 8.41. The largest absolute Gasteiger partial charge is 0.395 e. The fourth-order valence-corrected chi connectivity index (χ4v) is 2.02. The number of amides is 1. The highest BCUT2D eigenvalue weighted by molar-refractivity contribution is 5.78. The van der Waals surface area contributed by atoms with Gasteiger partial charge in [-0.25, -0.2) is 0 Å². The molecule has 0 aliphatic heterocycles. The Balaban J connectivity index is 2.53. The first-order valence-corrected chi connectivity index (χ1v) is 5.13. The second-order valence-electron chi connectivity index (χ2n) is 3.63. The molecule has 1 saturated carbocycles.